The van der Waals surface area contributed by atoms with E-state index in [1.807, 2.05) is 6.92 Å². The summed E-state index contributed by atoms with van der Waals surface area (Å²) in [4.78, 5) is 0.238. The van der Waals surface area contributed by atoms with E-state index in [-0.39, 0.29) is 11.4 Å². The maximum atomic E-state index is 12.4. The molecule has 1 fully saturated rings. The van der Waals surface area contributed by atoms with Gasteiger partial charge in [-0.15, -0.1) is 0 Å². The second kappa shape index (κ2) is 5.94. The molecule has 6 heteroatoms. The highest BCUT2D eigenvalue weighted by Crippen LogP contribution is 2.30. The fraction of sp³-hybridized carbons (Fsp3) is 0.600. The lowest BCUT2D eigenvalue weighted by Gasteiger charge is -2.22. The molecule has 0 unspecified atom stereocenters. The molecular weight excluding hydrogens is 290 g/mol. The van der Waals surface area contributed by atoms with Crippen molar-refractivity contribution in [2.24, 2.45) is 0 Å². The number of rotatable bonds is 5. The highest BCUT2D eigenvalue weighted by atomic mass is 32.2. The summed E-state index contributed by atoms with van der Waals surface area (Å²) in [6, 6.07) is 3.32. The number of hydrogen-bond acceptors (Lipinski definition) is 4. The average Bonchev–Trinajstić information content (AvgIpc) is 2.86. The normalized spacial score (nSPS) is 17.9. The van der Waals surface area contributed by atoms with Gasteiger partial charge in [0.15, 0.2) is 0 Å². The summed E-state index contributed by atoms with van der Waals surface area (Å²) in [7, 11) is -2.07. The lowest BCUT2D eigenvalue weighted by atomic mass is 10.0. The van der Waals surface area contributed by atoms with E-state index in [4.69, 9.17) is 4.74 Å². The lowest BCUT2D eigenvalue weighted by Crippen LogP contribution is -2.40. The van der Waals surface area contributed by atoms with Crippen LogP contribution in [0.25, 0.3) is 0 Å². The van der Waals surface area contributed by atoms with Crippen LogP contribution in [0.2, 0.25) is 0 Å². The summed E-state index contributed by atoms with van der Waals surface area (Å²) in [5.41, 5.74) is 0.495. The Kier molecular flexibility index (Phi) is 4.60. The fourth-order valence-corrected chi connectivity index (χ4v) is 4.22. The number of ether oxygens (including phenoxy) is 1. The molecule has 0 aliphatic heterocycles. The molecule has 0 saturated heterocycles. The molecule has 2 N–H and O–H groups in total. The zero-order valence-electron chi connectivity index (χ0n) is 12.8. The Bertz CT molecular complexity index is 619. The van der Waals surface area contributed by atoms with Gasteiger partial charge in [0.25, 0.3) is 0 Å². The van der Waals surface area contributed by atoms with Crippen molar-refractivity contribution in [2.45, 2.75) is 50.0 Å². The highest BCUT2D eigenvalue weighted by molar-refractivity contribution is 7.89. The SMILES string of the molecule is COc1cc(C)c(S(=O)(=O)NCC2(O)CCCC2)cc1C. The van der Waals surface area contributed by atoms with Crippen LogP contribution in [-0.4, -0.2) is 32.8 Å². The summed E-state index contributed by atoms with van der Waals surface area (Å²) in [5.74, 6) is 0.667. The van der Waals surface area contributed by atoms with Crippen LogP contribution in [0.4, 0.5) is 0 Å². The smallest absolute Gasteiger partial charge is 0.240 e. The van der Waals surface area contributed by atoms with Crippen LogP contribution in [0.15, 0.2) is 17.0 Å². The molecule has 0 atom stereocenters. The molecule has 0 radical (unpaired) electrons. The van der Waals surface area contributed by atoms with Gasteiger partial charge in [-0.25, -0.2) is 13.1 Å². The van der Waals surface area contributed by atoms with Gasteiger partial charge in [-0.1, -0.05) is 12.8 Å². The molecule has 0 heterocycles. The van der Waals surface area contributed by atoms with Gasteiger partial charge in [0.1, 0.15) is 5.75 Å². The van der Waals surface area contributed by atoms with Crippen molar-refractivity contribution in [1.82, 2.24) is 4.72 Å². The second-order valence-corrected chi connectivity index (χ2v) is 7.58. The summed E-state index contributed by atoms with van der Waals surface area (Å²) >= 11 is 0. The number of methoxy groups -OCH3 is 1. The van der Waals surface area contributed by atoms with Gasteiger partial charge in [-0.2, -0.15) is 0 Å². The molecule has 0 amide bonds. The van der Waals surface area contributed by atoms with Crippen LogP contribution in [-0.2, 0) is 10.0 Å². The van der Waals surface area contributed by atoms with Gasteiger partial charge in [-0.3, -0.25) is 0 Å². The second-order valence-electron chi connectivity index (χ2n) is 5.84. The first-order chi connectivity index (χ1) is 9.77. The predicted molar refractivity (Wildman–Crippen MR) is 81.1 cm³/mol. The first kappa shape index (κ1) is 16.3. The average molecular weight is 313 g/mol. The van der Waals surface area contributed by atoms with Gasteiger partial charge in [0.2, 0.25) is 10.0 Å². The Hall–Kier alpha value is -1.11. The summed E-state index contributed by atoms with van der Waals surface area (Å²) in [5, 5.41) is 10.3. The maximum absolute atomic E-state index is 12.4. The molecule has 1 aromatic rings. The third kappa shape index (κ3) is 3.56. The molecule has 0 bridgehead atoms. The highest BCUT2D eigenvalue weighted by Gasteiger charge is 2.32. The van der Waals surface area contributed by atoms with Crippen LogP contribution < -0.4 is 9.46 Å². The van der Waals surface area contributed by atoms with Crippen LogP contribution in [0.1, 0.15) is 36.8 Å². The Morgan fingerprint density at radius 3 is 2.43 bits per heavy atom. The van der Waals surface area contributed by atoms with E-state index < -0.39 is 15.6 Å². The number of sulfonamides is 1. The summed E-state index contributed by atoms with van der Waals surface area (Å²) in [6.07, 6.45) is 3.18. The van der Waals surface area contributed by atoms with Gasteiger partial charge >= 0.3 is 0 Å². The first-order valence-corrected chi connectivity index (χ1v) is 8.63. The van der Waals surface area contributed by atoms with E-state index in [1.54, 1.807) is 26.2 Å². The van der Waals surface area contributed by atoms with Crippen molar-refractivity contribution in [3.8, 4) is 5.75 Å². The molecule has 1 aromatic carbocycles. The zero-order valence-corrected chi connectivity index (χ0v) is 13.6. The molecular formula is C15H23NO4S. The zero-order chi connectivity index (χ0) is 15.7. The molecule has 0 aromatic heterocycles. The van der Waals surface area contributed by atoms with E-state index in [9.17, 15) is 13.5 Å². The van der Waals surface area contributed by atoms with E-state index in [1.165, 1.54) is 0 Å². The predicted octanol–water partition coefficient (Wildman–Crippen LogP) is 1.90. The van der Waals surface area contributed by atoms with Crippen LogP contribution >= 0.6 is 0 Å². The monoisotopic (exact) mass is 313 g/mol. The number of aryl methyl sites for hydroxylation is 2. The van der Waals surface area contributed by atoms with Crippen LogP contribution in [0.5, 0.6) is 5.75 Å². The van der Waals surface area contributed by atoms with Crippen molar-refractivity contribution in [3.05, 3.63) is 23.3 Å². The van der Waals surface area contributed by atoms with E-state index >= 15 is 0 Å². The Morgan fingerprint density at radius 2 is 1.86 bits per heavy atom. The third-order valence-corrected chi connectivity index (χ3v) is 5.65. The fourth-order valence-electron chi connectivity index (χ4n) is 2.79. The van der Waals surface area contributed by atoms with Gasteiger partial charge in [0.05, 0.1) is 17.6 Å². The summed E-state index contributed by atoms with van der Waals surface area (Å²) < 4.78 is 32.6. The lowest BCUT2D eigenvalue weighted by molar-refractivity contribution is 0.0531. The Balaban J connectivity index is 2.21. The van der Waals surface area contributed by atoms with Gasteiger partial charge in [0, 0.05) is 6.54 Å². The standard InChI is InChI=1S/C15H23NO4S/c1-11-9-14(12(2)8-13(11)20-3)21(18,19)16-10-15(17)6-4-5-7-15/h8-9,16-17H,4-7,10H2,1-3H3. The van der Waals surface area contributed by atoms with Gasteiger partial charge in [-0.05, 0) is 49.9 Å². The van der Waals surface area contributed by atoms with Crippen LogP contribution in [0, 0.1) is 13.8 Å². The summed E-state index contributed by atoms with van der Waals surface area (Å²) in [6.45, 7) is 3.61. The largest absolute Gasteiger partial charge is 0.496 e. The molecule has 1 saturated carbocycles. The Labute approximate surface area is 126 Å². The maximum Gasteiger partial charge on any atom is 0.240 e. The number of benzene rings is 1. The minimum Gasteiger partial charge on any atom is -0.496 e. The number of aliphatic hydroxyl groups is 1. The van der Waals surface area contributed by atoms with E-state index in [0.717, 1.165) is 18.4 Å². The van der Waals surface area contributed by atoms with E-state index in [0.29, 0.717) is 24.2 Å². The molecule has 0 spiro atoms. The molecule has 5 nitrogen and oxygen atoms in total. The van der Waals surface area contributed by atoms with Crippen molar-refractivity contribution in [2.75, 3.05) is 13.7 Å². The van der Waals surface area contributed by atoms with E-state index in [2.05, 4.69) is 4.72 Å². The molecule has 1 aliphatic rings. The Morgan fingerprint density at radius 1 is 1.24 bits per heavy atom. The third-order valence-electron chi connectivity index (χ3n) is 4.11. The van der Waals surface area contributed by atoms with Crippen molar-refractivity contribution in [1.29, 1.82) is 0 Å². The van der Waals surface area contributed by atoms with Crippen LogP contribution in [0.3, 0.4) is 0 Å². The molecule has 2 rings (SSSR count). The van der Waals surface area contributed by atoms with Gasteiger partial charge < -0.3 is 9.84 Å². The number of nitrogens with one attached hydrogen (secondary N) is 1. The molecule has 1 aliphatic carbocycles. The molecule has 21 heavy (non-hydrogen) atoms. The minimum atomic E-state index is -3.63. The van der Waals surface area contributed by atoms with Crippen molar-refractivity contribution >= 4 is 10.0 Å². The topological polar surface area (TPSA) is 75.6 Å². The van der Waals surface area contributed by atoms with Crippen molar-refractivity contribution in [3.63, 3.8) is 0 Å². The van der Waals surface area contributed by atoms with Crippen molar-refractivity contribution < 1.29 is 18.3 Å². The quantitative estimate of drug-likeness (QED) is 0.870. The molecule has 118 valence electrons. The number of hydrogen-bond donors (Lipinski definition) is 2. The first-order valence-electron chi connectivity index (χ1n) is 7.15. The minimum absolute atomic E-state index is 0.0693.